The first-order chi connectivity index (χ1) is 13.8. The number of nitrogens with zero attached hydrogens (tertiary/aromatic N) is 2. The summed E-state index contributed by atoms with van der Waals surface area (Å²) in [6.45, 7) is 4.36. The maximum atomic E-state index is 12.9. The molecule has 0 atom stereocenters. The van der Waals surface area contributed by atoms with Gasteiger partial charge in [-0.2, -0.15) is 0 Å². The largest absolute Gasteiger partial charge is 0.309 e. The lowest BCUT2D eigenvalue weighted by Gasteiger charge is -2.22. The predicted octanol–water partition coefficient (Wildman–Crippen LogP) is 4.49. The third-order valence-corrected chi connectivity index (χ3v) is 6.59. The second-order valence-corrected chi connectivity index (χ2v) is 8.69. The fourth-order valence-corrected chi connectivity index (χ4v) is 4.22. The molecule has 0 bridgehead atoms. The average Bonchev–Trinajstić information content (AvgIpc) is 2.75. The molecule has 1 amide bonds. The number of sulfonamides is 1. The number of benzene rings is 3. The molecule has 0 N–H and O–H groups in total. The van der Waals surface area contributed by atoms with Crippen LogP contribution in [0, 0.1) is 6.92 Å². The topological polar surface area (TPSA) is 57.7 Å². The van der Waals surface area contributed by atoms with Gasteiger partial charge in [0.15, 0.2) is 0 Å². The molecule has 0 aliphatic rings. The van der Waals surface area contributed by atoms with Gasteiger partial charge in [0.1, 0.15) is 0 Å². The van der Waals surface area contributed by atoms with Gasteiger partial charge in [-0.05, 0) is 62.4 Å². The van der Waals surface area contributed by atoms with Crippen LogP contribution in [-0.4, -0.2) is 27.9 Å². The van der Waals surface area contributed by atoms with Gasteiger partial charge >= 0.3 is 0 Å². The normalized spacial score (nSPS) is 11.1. The Balaban J connectivity index is 1.84. The minimum Gasteiger partial charge on any atom is -0.309 e. The van der Waals surface area contributed by atoms with Gasteiger partial charge < -0.3 is 4.90 Å². The minimum atomic E-state index is -3.67. The van der Waals surface area contributed by atoms with Crippen molar-refractivity contribution in [2.24, 2.45) is 0 Å². The monoisotopic (exact) mass is 408 g/mol. The van der Waals surface area contributed by atoms with Crippen LogP contribution in [0.5, 0.6) is 0 Å². The van der Waals surface area contributed by atoms with Gasteiger partial charge in [-0.3, -0.25) is 9.10 Å². The van der Waals surface area contributed by atoms with Crippen molar-refractivity contribution in [2.75, 3.05) is 22.8 Å². The standard InChI is InChI=1S/C23H24N2O3S/c1-4-25(21-8-6-5-7-9-21)23(26)19-12-14-20(15-13-19)24(3)29(27,28)22-16-10-18(2)11-17-22/h5-17H,4H2,1-3H3. The van der Waals surface area contributed by atoms with Crippen LogP contribution in [0.4, 0.5) is 11.4 Å². The Kier molecular flexibility index (Phi) is 6.03. The lowest BCUT2D eigenvalue weighted by Crippen LogP contribution is -2.30. The predicted molar refractivity (Wildman–Crippen MR) is 117 cm³/mol. The molecule has 0 radical (unpaired) electrons. The second kappa shape index (κ2) is 8.49. The van der Waals surface area contributed by atoms with Gasteiger partial charge in [0.05, 0.1) is 10.6 Å². The summed E-state index contributed by atoms with van der Waals surface area (Å²) < 4.78 is 26.9. The van der Waals surface area contributed by atoms with Crippen molar-refractivity contribution >= 4 is 27.3 Å². The summed E-state index contributed by atoms with van der Waals surface area (Å²) in [6.07, 6.45) is 0. The summed E-state index contributed by atoms with van der Waals surface area (Å²) in [7, 11) is -2.16. The Hall–Kier alpha value is -3.12. The van der Waals surface area contributed by atoms with E-state index in [0.29, 0.717) is 17.8 Å². The zero-order valence-electron chi connectivity index (χ0n) is 16.7. The fourth-order valence-electron chi connectivity index (χ4n) is 3.03. The number of carbonyl (C=O) groups is 1. The quantitative estimate of drug-likeness (QED) is 0.604. The van der Waals surface area contributed by atoms with Crippen LogP contribution in [0.1, 0.15) is 22.8 Å². The Labute approximate surface area is 172 Å². The van der Waals surface area contributed by atoms with E-state index in [1.54, 1.807) is 53.4 Å². The maximum absolute atomic E-state index is 12.9. The van der Waals surface area contributed by atoms with Crippen LogP contribution in [0.2, 0.25) is 0 Å². The zero-order chi connectivity index (χ0) is 21.0. The minimum absolute atomic E-state index is 0.130. The lowest BCUT2D eigenvalue weighted by molar-refractivity contribution is 0.0988. The van der Waals surface area contributed by atoms with E-state index in [9.17, 15) is 13.2 Å². The first-order valence-corrected chi connectivity index (χ1v) is 10.8. The van der Waals surface area contributed by atoms with E-state index < -0.39 is 10.0 Å². The highest BCUT2D eigenvalue weighted by atomic mass is 32.2. The van der Waals surface area contributed by atoms with Crippen molar-refractivity contribution in [2.45, 2.75) is 18.7 Å². The molecule has 5 nitrogen and oxygen atoms in total. The lowest BCUT2D eigenvalue weighted by atomic mass is 10.1. The first-order valence-electron chi connectivity index (χ1n) is 9.37. The smallest absolute Gasteiger partial charge is 0.264 e. The number of carbonyl (C=O) groups excluding carboxylic acids is 1. The van der Waals surface area contributed by atoms with Crippen molar-refractivity contribution in [3.63, 3.8) is 0 Å². The van der Waals surface area contributed by atoms with Gasteiger partial charge in [0, 0.05) is 24.8 Å². The molecule has 6 heteroatoms. The van der Waals surface area contributed by atoms with Crippen LogP contribution >= 0.6 is 0 Å². The highest BCUT2D eigenvalue weighted by Gasteiger charge is 2.22. The molecule has 0 aromatic heterocycles. The molecule has 0 unspecified atom stereocenters. The fraction of sp³-hybridized carbons (Fsp3) is 0.174. The summed E-state index contributed by atoms with van der Waals surface area (Å²) >= 11 is 0. The van der Waals surface area contributed by atoms with Crippen molar-refractivity contribution in [3.05, 3.63) is 90.0 Å². The van der Waals surface area contributed by atoms with E-state index in [1.165, 1.54) is 11.4 Å². The van der Waals surface area contributed by atoms with Gasteiger partial charge in [0.25, 0.3) is 15.9 Å². The molecule has 29 heavy (non-hydrogen) atoms. The average molecular weight is 409 g/mol. The number of rotatable bonds is 6. The molecule has 3 aromatic carbocycles. The Morgan fingerprint density at radius 1 is 0.828 bits per heavy atom. The number of anilines is 2. The molecule has 0 saturated carbocycles. The van der Waals surface area contributed by atoms with Crippen LogP contribution < -0.4 is 9.21 Å². The molecule has 0 fully saturated rings. The number of amides is 1. The molecular formula is C23H24N2O3S. The summed E-state index contributed by atoms with van der Waals surface area (Å²) in [6, 6.07) is 22.8. The Morgan fingerprint density at radius 3 is 1.97 bits per heavy atom. The third-order valence-electron chi connectivity index (χ3n) is 4.79. The van der Waals surface area contributed by atoms with Gasteiger partial charge in [0.2, 0.25) is 0 Å². The van der Waals surface area contributed by atoms with Crippen molar-refractivity contribution in [3.8, 4) is 0 Å². The molecule has 0 spiro atoms. The van der Waals surface area contributed by atoms with Gasteiger partial charge in [-0.15, -0.1) is 0 Å². The Bertz CT molecular complexity index is 1080. The van der Waals surface area contributed by atoms with Gasteiger partial charge in [-0.1, -0.05) is 35.9 Å². The summed E-state index contributed by atoms with van der Waals surface area (Å²) in [5, 5.41) is 0. The molecule has 0 aliphatic heterocycles. The van der Waals surface area contributed by atoms with Gasteiger partial charge in [-0.25, -0.2) is 8.42 Å². The highest BCUT2D eigenvalue weighted by molar-refractivity contribution is 7.92. The van der Waals surface area contributed by atoms with E-state index >= 15 is 0 Å². The molecule has 0 aliphatic carbocycles. The highest BCUT2D eigenvalue weighted by Crippen LogP contribution is 2.24. The number of hydrogen-bond acceptors (Lipinski definition) is 3. The molecule has 3 rings (SSSR count). The first kappa shape index (κ1) is 20.6. The van der Waals surface area contributed by atoms with E-state index in [-0.39, 0.29) is 10.8 Å². The SMILES string of the molecule is CCN(C(=O)c1ccc(N(C)S(=O)(=O)c2ccc(C)cc2)cc1)c1ccccc1. The molecule has 150 valence electrons. The van der Waals surface area contributed by atoms with Crippen LogP contribution in [0.15, 0.2) is 83.8 Å². The summed E-state index contributed by atoms with van der Waals surface area (Å²) in [5.41, 5.74) is 2.81. The zero-order valence-corrected chi connectivity index (χ0v) is 17.6. The number of para-hydroxylation sites is 1. The molecular weight excluding hydrogens is 384 g/mol. The second-order valence-electron chi connectivity index (χ2n) is 6.72. The third kappa shape index (κ3) is 4.32. The number of hydrogen-bond donors (Lipinski definition) is 0. The molecule has 0 saturated heterocycles. The maximum Gasteiger partial charge on any atom is 0.264 e. The van der Waals surface area contributed by atoms with Crippen molar-refractivity contribution in [1.82, 2.24) is 0 Å². The van der Waals surface area contributed by atoms with Crippen LogP contribution in [0.25, 0.3) is 0 Å². The number of aryl methyl sites for hydroxylation is 1. The van der Waals surface area contributed by atoms with Crippen LogP contribution in [0.3, 0.4) is 0 Å². The summed E-state index contributed by atoms with van der Waals surface area (Å²) in [5.74, 6) is -0.130. The van der Waals surface area contributed by atoms with Crippen molar-refractivity contribution < 1.29 is 13.2 Å². The van der Waals surface area contributed by atoms with E-state index in [2.05, 4.69) is 0 Å². The Morgan fingerprint density at radius 2 is 1.41 bits per heavy atom. The molecule has 0 heterocycles. The van der Waals surface area contributed by atoms with Crippen LogP contribution in [-0.2, 0) is 10.0 Å². The van der Waals surface area contributed by atoms with E-state index in [1.807, 2.05) is 44.2 Å². The molecule has 3 aromatic rings. The van der Waals surface area contributed by atoms with E-state index in [4.69, 9.17) is 0 Å². The van der Waals surface area contributed by atoms with E-state index in [0.717, 1.165) is 11.3 Å². The summed E-state index contributed by atoms with van der Waals surface area (Å²) in [4.78, 5) is 14.8. The van der Waals surface area contributed by atoms with Crippen molar-refractivity contribution in [1.29, 1.82) is 0 Å².